The Balaban J connectivity index is 5.46. The van der Waals surface area contributed by atoms with Gasteiger partial charge in [0.25, 0.3) is 0 Å². The molecule has 0 aromatic carbocycles. The number of esters is 1. The second-order valence-electron chi connectivity index (χ2n) is 4.48. The van der Waals surface area contributed by atoms with E-state index in [9.17, 15) is 9.90 Å². The number of hydrogen-bond acceptors (Lipinski definition) is 9. The maximum absolute atomic E-state index is 11.3. The molecular formula is C8H16O9. The molecule has 102 valence electrons. The minimum atomic E-state index is -4.34. The van der Waals surface area contributed by atoms with Crippen molar-refractivity contribution in [3.05, 3.63) is 0 Å². The Bertz CT molecular complexity index is 276. The smallest absolute Gasteiger partial charge is 0.356 e. The van der Waals surface area contributed by atoms with Crippen LogP contribution in [0, 0.1) is 0 Å². The summed E-state index contributed by atoms with van der Waals surface area (Å²) in [6, 6.07) is 0. The lowest BCUT2D eigenvalue weighted by molar-refractivity contribution is -0.482. The van der Waals surface area contributed by atoms with Gasteiger partial charge in [0.05, 0.1) is 0 Å². The molecule has 0 saturated carbocycles. The summed E-state index contributed by atoms with van der Waals surface area (Å²) in [5, 5.41) is 61.7. The SMILES string of the molecule is CC(C)(C)OC(=O)C(O)(C(O)(O)O)C(O)(O)O. The van der Waals surface area contributed by atoms with Crippen LogP contribution in [0.3, 0.4) is 0 Å². The number of carbonyl (C=O) groups is 1. The molecule has 0 atom stereocenters. The maximum Gasteiger partial charge on any atom is 0.356 e. The summed E-state index contributed by atoms with van der Waals surface area (Å²) in [6.45, 7) is 3.94. The van der Waals surface area contributed by atoms with Gasteiger partial charge in [0, 0.05) is 0 Å². The minimum absolute atomic E-state index is 1.26. The van der Waals surface area contributed by atoms with Crippen molar-refractivity contribution < 1.29 is 45.3 Å². The molecule has 0 saturated heterocycles. The largest absolute Gasteiger partial charge is 0.457 e. The lowest BCUT2D eigenvalue weighted by atomic mass is 9.97. The number of ether oxygens (including phenoxy) is 1. The van der Waals surface area contributed by atoms with E-state index < -0.39 is 29.1 Å². The van der Waals surface area contributed by atoms with E-state index in [-0.39, 0.29) is 0 Å². The third-order valence-electron chi connectivity index (χ3n) is 1.67. The molecule has 0 aromatic heterocycles. The van der Waals surface area contributed by atoms with Crippen molar-refractivity contribution in [1.82, 2.24) is 0 Å². The Hall–Kier alpha value is -0.810. The van der Waals surface area contributed by atoms with E-state index in [1.54, 1.807) is 0 Å². The standard InChI is InChI=1S/C8H16O9/c1-5(2,3)17-4(9)6(10,7(11,12)13)8(14,15)16/h10-16H,1-3H3. The van der Waals surface area contributed by atoms with E-state index in [2.05, 4.69) is 4.74 Å². The van der Waals surface area contributed by atoms with Crippen LogP contribution < -0.4 is 0 Å². The first kappa shape index (κ1) is 16.2. The molecule has 0 aliphatic rings. The quantitative estimate of drug-likeness (QED) is 0.198. The van der Waals surface area contributed by atoms with Crippen LogP contribution in [-0.2, 0) is 9.53 Å². The predicted molar refractivity (Wildman–Crippen MR) is 49.6 cm³/mol. The lowest BCUT2D eigenvalue weighted by Gasteiger charge is -2.39. The zero-order valence-corrected chi connectivity index (χ0v) is 9.45. The fraction of sp³-hybridized carbons (Fsp3) is 0.875. The third-order valence-corrected chi connectivity index (χ3v) is 1.67. The molecule has 0 aliphatic heterocycles. The fourth-order valence-electron chi connectivity index (χ4n) is 0.851. The molecule has 0 unspecified atom stereocenters. The molecule has 0 bridgehead atoms. The first-order valence-corrected chi connectivity index (χ1v) is 4.43. The second-order valence-corrected chi connectivity index (χ2v) is 4.48. The van der Waals surface area contributed by atoms with Crippen LogP contribution in [-0.4, -0.2) is 64.9 Å². The molecule has 0 heterocycles. The van der Waals surface area contributed by atoms with E-state index in [1.165, 1.54) is 20.8 Å². The fourth-order valence-corrected chi connectivity index (χ4v) is 0.851. The highest BCUT2D eigenvalue weighted by molar-refractivity contribution is 5.81. The number of rotatable bonds is 3. The van der Waals surface area contributed by atoms with Crippen LogP contribution >= 0.6 is 0 Å². The molecule has 9 nitrogen and oxygen atoms in total. The van der Waals surface area contributed by atoms with Gasteiger partial charge in [-0.2, -0.15) is 0 Å². The molecule has 0 radical (unpaired) electrons. The van der Waals surface area contributed by atoms with E-state index >= 15 is 0 Å². The molecule has 0 fully saturated rings. The first-order valence-electron chi connectivity index (χ1n) is 4.43. The molecular weight excluding hydrogens is 240 g/mol. The average molecular weight is 256 g/mol. The van der Waals surface area contributed by atoms with Gasteiger partial charge in [-0.1, -0.05) is 0 Å². The number of carbonyl (C=O) groups excluding carboxylic acids is 1. The zero-order valence-electron chi connectivity index (χ0n) is 9.45. The van der Waals surface area contributed by atoms with E-state index in [4.69, 9.17) is 30.6 Å². The predicted octanol–water partition coefficient (Wildman–Crippen LogP) is -3.68. The Morgan fingerprint density at radius 2 is 1.12 bits per heavy atom. The monoisotopic (exact) mass is 256 g/mol. The molecule has 7 N–H and O–H groups in total. The molecule has 0 aromatic rings. The summed E-state index contributed by atoms with van der Waals surface area (Å²) < 4.78 is 4.41. The molecule has 0 aliphatic carbocycles. The van der Waals surface area contributed by atoms with E-state index in [0.29, 0.717) is 0 Å². The first-order chi connectivity index (χ1) is 7.13. The maximum atomic E-state index is 11.3. The Labute approximate surface area is 96.1 Å². The van der Waals surface area contributed by atoms with Crippen molar-refractivity contribution in [2.45, 2.75) is 43.9 Å². The highest BCUT2D eigenvalue weighted by Gasteiger charge is 2.69. The number of aliphatic hydroxyl groups is 7. The van der Waals surface area contributed by atoms with Crippen molar-refractivity contribution in [3.8, 4) is 0 Å². The van der Waals surface area contributed by atoms with Crippen molar-refractivity contribution in [1.29, 1.82) is 0 Å². The van der Waals surface area contributed by atoms with Gasteiger partial charge in [0.2, 0.25) is 0 Å². The second kappa shape index (κ2) is 4.14. The molecule has 0 rings (SSSR count). The number of hydrogen-bond donors (Lipinski definition) is 7. The van der Waals surface area contributed by atoms with Gasteiger partial charge < -0.3 is 40.5 Å². The average Bonchev–Trinajstić information content (AvgIpc) is 1.94. The summed E-state index contributed by atoms with van der Waals surface area (Å²) >= 11 is 0. The van der Waals surface area contributed by atoms with Crippen molar-refractivity contribution >= 4 is 5.97 Å². The molecule has 0 amide bonds. The van der Waals surface area contributed by atoms with Crippen LogP contribution in [0.25, 0.3) is 0 Å². The summed E-state index contributed by atoms with van der Waals surface area (Å²) in [6.07, 6.45) is 0. The highest BCUT2D eigenvalue weighted by Crippen LogP contribution is 2.30. The van der Waals surface area contributed by atoms with E-state index in [0.717, 1.165) is 0 Å². The van der Waals surface area contributed by atoms with Gasteiger partial charge in [0.15, 0.2) is 0 Å². The summed E-state index contributed by atoms with van der Waals surface area (Å²) in [5.74, 6) is -10.7. The van der Waals surface area contributed by atoms with Crippen LogP contribution in [0.4, 0.5) is 0 Å². The van der Waals surface area contributed by atoms with Crippen LogP contribution in [0.2, 0.25) is 0 Å². The van der Waals surface area contributed by atoms with Crippen molar-refractivity contribution in [3.63, 3.8) is 0 Å². The van der Waals surface area contributed by atoms with Gasteiger partial charge in [-0.3, -0.25) is 0 Å². The topological polar surface area (TPSA) is 168 Å². The van der Waals surface area contributed by atoms with E-state index in [1.807, 2.05) is 0 Å². The summed E-state index contributed by atoms with van der Waals surface area (Å²) in [5.41, 5.74) is -5.45. The van der Waals surface area contributed by atoms with Gasteiger partial charge in [-0.05, 0) is 20.8 Å². The van der Waals surface area contributed by atoms with Crippen LogP contribution in [0.15, 0.2) is 0 Å². The highest BCUT2D eigenvalue weighted by atomic mass is 16.8. The Morgan fingerprint density at radius 3 is 1.29 bits per heavy atom. The third kappa shape index (κ3) is 3.33. The van der Waals surface area contributed by atoms with Crippen LogP contribution in [0.5, 0.6) is 0 Å². The summed E-state index contributed by atoms with van der Waals surface area (Å²) in [7, 11) is 0. The van der Waals surface area contributed by atoms with Crippen molar-refractivity contribution in [2.75, 3.05) is 0 Å². The van der Waals surface area contributed by atoms with Gasteiger partial charge >= 0.3 is 23.5 Å². The molecule has 17 heavy (non-hydrogen) atoms. The van der Waals surface area contributed by atoms with Gasteiger partial charge in [-0.25, -0.2) is 4.79 Å². The lowest BCUT2D eigenvalue weighted by Crippen LogP contribution is -2.73. The Kier molecular flexibility index (Phi) is 3.94. The zero-order chi connectivity index (χ0) is 14.3. The minimum Gasteiger partial charge on any atom is -0.457 e. The molecule has 9 heteroatoms. The van der Waals surface area contributed by atoms with Crippen LogP contribution in [0.1, 0.15) is 20.8 Å². The van der Waals surface area contributed by atoms with Gasteiger partial charge in [0.1, 0.15) is 5.60 Å². The Morgan fingerprint density at radius 1 is 0.824 bits per heavy atom. The molecule has 0 spiro atoms. The normalized spacial score (nSPS) is 14.7. The van der Waals surface area contributed by atoms with Crippen molar-refractivity contribution in [2.24, 2.45) is 0 Å². The van der Waals surface area contributed by atoms with Gasteiger partial charge in [-0.15, -0.1) is 0 Å². The summed E-state index contributed by atoms with van der Waals surface area (Å²) in [4.78, 5) is 11.3.